The van der Waals surface area contributed by atoms with Crippen molar-refractivity contribution in [3.05, 3.63) is 81.5 Å². The molecule has 4 rings (SSSR count). The van der Waals surface area contributed by atoms with Crippen LogP contribution in [0.4, 0.5) is 22.0 Å². The van der Waals surface area contributed by atoms with Crippen LogP contribution in [0.2, 0.25) is 5.02 Å². The summed E-state index contributed by atoms with van der Waals surface area (Å²) in [5.74, 6) is -2.43. The van der Waals surface area contributed by atoms with Gasteiger partial charge in [0.1, 0.15) is 24.3 Å². The second kappa shape index (κ2) is 14.1. The maximum absolute atomic E-state index is 14.5. The summed E-state index contributed by atoms with van der Waals surface area (Å²) >= 11 is 5.63. The minimum Gasteiger partial charge on any atom is -0.404 e. The van der Waals surface area contributed by atoms with Crippen molar-refractivity contribution in [2.24, 2.45) is 16.5 Å². The molecule has 9 nitrogen and oxygen atoms in total. The summed E-state index contributed by atoms with van der Waals surface area (Å²) in [5.41, 5.74) is 10.9. The van der Waals surface area contributed by atoms with E-state index in [1.54, 1.807) is 6.92 Å². The van der Waals surface area contributed by atoms with Gasteiger partial charge in [0.05, 0.1) is 29.4 Å². The number of aliphatic hydroxyl groups is 1. The van der Waals surface area contributed by atoms with Crippen molar-refractivity contribution < 1.29 is 36.5 Å². The van der Waals surface area contributed by atoms with Gasteiger partial charge in [0, 0.05) is 30.2 Å². The third kappa shape index (κ3) is 7.80. The van der Waals surface area contributed by atoms with Gasteiger partial charge in [-0.3, -0.25) is 4.99 Å². The molecular formula is C29H32ClF5N6O3. The lowest BCUT2D eigenvalue weighted by Crippen LogP contribution is -2.37. The van der Waals surface area contributed by atoms with Gasteiger partial charge in [-0.15, -0.1) is 0 Å². The number of halogens is 6. The van der Waals surface area contributed by atoms with E-state index in [-0.39, 0.29) is 41.0 Å². The van der Waals surface area contributed by atoms with Crippen LogP contribution < -0.4 is 11.5 Å². The molecule has 44 heavy (non-hydrogen) atoms. The molecule has 0 spiro atoms. The first-order valence-corrected chi connectivity index (χ1v) is 14.1. The van der Waals surface area contributed by atoms with Crippen LogP contribution >= 0.6 is 11.6 Å². The van der Waals surface area contributed by atoms with Crippen molar-refractivity contribution in [1.82, 2.24) is 14.8 Å². The number of aromatic nitrogens is 3. The van der Waals surface area contributed by atoms with Crippen molar-refractivity contribution in [1.29, 1.82) is 0 Å². The molecule has 1 aliphatic rings. The average Bonchev–Trinajstić information content (AvgIpc) is 3.76. The molecule has 3 aromatic rings. The van der Waals surface area contributed by atoms with Gasteiger partial charge in [-0.2, -0.15) is 18.3 Å². The summed E-state index contributed by atoms with van der Waals surface area (Å²) in [4.78, 5) is 8.41. The number of rotatable bonds is 13. The van der Waals surface area contributed by atoms with E-state index in [1.165, 1.54) is 25.1 Å². The van der Waals surface area contributed by atoms with Crippen LogP contribution in [0.15, 0.2) is 41.5 Å². The van der Waals surface area contributed by atoms with E-state index in [9.17, 15) is 27.1 Å². The van der Waals surface area contributed by atoms with Crippen LogP contribution in [0.5, 0.6) is 0 Å². The molecule has 1 fully saturated rings. The van der Waals surface area contributed by atoms with Gasteiger partial charge in [0.25, 0.3) is 0 Å². The Labute approximate surface area is 255 Å². The van der Waals surface area contributed by atoms with Gasteiger partial charge in [-0.1, -0.05) is 17.7 Å². The molecule has 1 aromatic heterocycles. The van der Waals surface area contributed by atoms with Crippen LogP contribution in [-0.2, 0) is 15.7 Å². The first-order valence-electron chi connectivity index (χ1n) is 13.7. The van der Waals surface area contributed by atoms with Crippen LogP contribution in [-0.4, -0.2) is 58.2 Å². The van der Waals surface area contributed by atoms with Gasteiger partial charge in [0.15, 0.2) is 17.5 Å². The molecule has 2 unspecified atom stereocenters. The highest BCUT2D eigenvalue weighted by atomic mass is 35.5. The van der Waals surface area contributed by atoms with Gasteiger partial charge >= 0.3 is 6.18 Å². The standard InChI is InChI=1S/C29H32ClF5N6O3/c1-3-43-14-24(37)44-27(23(42)13-38-12-18(11-36)19-7-9-21(30)26(32)25(19)31)28-39-15(2)40-41(28)22-10-17(16-4-5-16)6-8-20(22)29(33,34)35/h6-12,16,23-24,27,42H,3-5,13-14,36-37H2,1-2H3/t23-,24?,27?/m0/s1. The van der Waals surface area contributed by atoms with E-state index in [0.717, 1.165) is 47.6 Å². The molecule has 2 aromatic carbocycles. The predicted molar refractivity (Wildman–Crippen MR) is 154 cm³/mol. The van der Waals surface area contributed by atoms with Crippen molar-refractivity contribution >= 4 is 23.4 Å². The monoisotopic (exact) mass is 642 g/mol. The number of nitrogens with zero attached hydrogens (tertiary/aromatic N) is 4. The highest BCUT2D eigenvalue weighted by molar-refractivity contribution is 6.30. The number of alkyl halides is 3. The fraction of sp³-hybridized carbons (Fsp3) is 0.414. The summed E-state index contributed by atoms with van der Waals surface area (Å²) in [6.07, 6.45) is -5.03. The fourth-order valence-corrected chi connectivity index (χ4v) is 4.66. The lowest BCUT2D eigenvalue weighted by Gasteiger charge is -2.26. The van der Waals surface area contributed by atoms with Crippen molar-refractivity contribution in [3.8, 4) is 5.69 Å². The molecule has 0 aliphatic heterocycles. The second-order valence-corrected chi connectivity index (χ2v) is 10.5. The van der Waals surface area contributed by atoms with E-state index in [1.807, 2.05) is 0 Å². The Hall–Kier alpha value is -3.43. The first kappa shape index (κ1) is 33.5. The number of ether oxygens (including phenoxy) is 2. The summed E-state index contributed by atoms with van der Waals surface area (Å²) in [7, 11) is 0. The normalized spacial score (nSPS) is 16.5. The summed E-state index contributed by atoms with van der Waals surface area (Å²) in [5, 5.41) is 15.1. The van der Waals surface area contributed by atoms with E-state index in [2.05, 4.69) is 15.1 Å². The quantitative estimate of drug-likeness (QED) is 0.101. The summed E-state index contributed by atoms with van der Waals surface area (Å²) in [6.45, 7) is 3.00. The Balaban J connectivity index is 1.71. The number of nitrogens with two attached hydrogens (primary N) is 2. The highest BCUT2D eigenvalue weighted by Gasteiger charge is 2.38. The maximum atomic E-state index is 14.5. The zero-order chi connectivity index (χ0) is 32.2. The van der Waals surface area contributed by atoms with Crippen molar-refractivity contribution in [2.75, 3.05) is 19.8 Å². The molecule has 0 radical (unpaired) electrons. The number of allylic oxidation sites excluding steroid dienone is 1. The average molecular weight is 643 g/mol. The molecule has 0 bridgehead atoms. The van der Waals surface area contributed by atoms with Crippen molar-refractivity contribution in [3.63, 3.8) is 0 Å². The second-order valence-electron chi connectivity index (χ2n) is 10.1. The molecule has 5 N–H and O–H groups in total. The molecule has 3 atom stereocenters. The van der Waals surface area contributed by atoms with E-state index in [0.29, 0.717) is 6.61 Å². The summed E-state index contributed by atoms with van der Waals surface area (Å²) < 4.78 is 83.1. The largest absolute Gasteiger partial charge is 0.418 e. The zero-order valence-electron chi connectivity index (χ0n) is 23.9. The molecule has 1 heterocycles. The Morgan fingerprint density at radius 3 is 2.59 bits per heavy atom. The summed E-state index contributed by atoms with van der Waals surface area (Å²) in [6, 6.07) is 6.22. The van der Waals surface area contributed by atoms with Crippen molar-refractivity contribution in [2.45, 2.75) is 57.2 Å². The number of benzene rings is 2. The number of aryl methyl sites for hydroxylation is 1. The third-order valence-corrected chi connectivity index (χ3v) is 7.09. The molecule has 0 saturated heterocycles. The van der Waals surface area contributed by atoms with Crippen LogP contribution in [0.3, 0.4) is 0 Å². The zero-order valence-corrected chi connectivity index (χ0v) is 24.6. The number of aliphatic imine (C=N–C) groups is 1. The van der Waals surface area contributed by atoms with Gasteiger partial charge < -0.3 is 26.0 Å². The molecule has 15 heteroatoms. The number of hydrogen-bond donors (Lipinski definition) is 3. The lowest BCUT2D eigenvalue weighted by molar-refractivity contribution is -0.137. The number of aliphatic hydroxyl groups excluding tert-OH is 1. The van der Waals surface area contributed by atoms with Gasteiger partial charge in [-0.25, -0.2) is 18.4 Å². The van der Waals surface area contributed by atoms with E-state index in [4.69, 9.17) is 32.5 Å². The fourth-order valence-electron chi connectivity index (χ4n) is 4.52. The van der Waals surface area contributed by atoms with Gasteiger partial charge in [-0.05, 0) is 62.4 Å². The van der Waals surface area contributed by atoms with E-state index >= 15 is 0 Å². The minimum atomic E-state index is -4.72. The maximum Gasteiger partial charge on any atom is 0.418 e. The highest BCUT2D eigenvalue weighted by Crippen LogP contribution is 2.43. The molecule has 1 aliphatic carbocycles. The Kier molecular flexibility index (Phi) is 10.7. The molecule has 1 saturated carbocycles. The molecular weight excluding hydrogens is 611 g/mol. The first-order chi connectivity index (χ1) is 20.8. The Morgan fingerprint density at radius 2 is 1.95 bits per heavy atom. The smallest absolute Gasteiger partial charge is 0.404 e. The van der Waals surface area contributed by atoms with Crippen LogP contribution in [0, 0.1) is 18.6 Å². The molecule has 0 amide bonds. The topological polar surface area (TPSA) is 134 Å². The predicted octanol–water partition coefficient (Wildman–Crippen LogP) is 5.21. The Morgan fingerprint density at radius 1 is 1.23 bits per heavy atom. The van der Waals surface area contributed by atoms with E-state index < -0.39 is 53.4 Å². The number of hydrogen-bond acceptors (Lipinski definition) is 8. The Bertz CT molecular complexity index is 1530. The van der Waals surface area contributed by atoms with Crippen LogP contribution in [0.1, 0.15) is 60.1 Å². The minimum absolute atomic E-state index is 0.0264. The lowest BCUT2D eigenvalue weighted by atomic mass is 10.0. The third-order valence-electron chi connectivity index (χ3n) is 6.80. The van der Waals surface area contributed by atoms with Gasteiger partial charge in [0.2, 0.25) is 0 Å². The van der Waals surface area contributed by atoms with Crippen LogP contribution in [0.25, 0.3) is 11.3 Å². The molecule has 238 valence electrons. The SMILES string of the molecule is CCOCC(N)OC(c1nc(C)nn1-c1cc(C2CC2)ccc1C(F)(F)F)[C@@H](O)CN=CC(=CN)c1ccc(Cl)c(F)c1F.